The van der Waals surface area contributed by atoms with Gasteiger partial charge in [0.25, 0.3) is 0 Å². The fraction of sp³-hybridized carbons (Fsp3) is 0.562. The summed E-state index contributed by atoms with van der Waals surface area (Å²) in [6.45, 7) is 3.65. The van der Waals surface area contributed by atoms with E-state index in [4.69, 9.17) is 0 Å². The van der Waals surface area contributed by atoms with Gasteiger partial charge in [0, 0.05) is 5.56 Å². The molecular formula is C16H21F2NO. The van der Waals surface area contributed by atoms with Crippen LogP contribution in [0.2, 0.25) is 0 Å². The summed E-state index contributed by atoms with van der Waals surface area (Å²) in [5.74, 6) is -2.01. The molecule has 1 unspecified atom stereocenters. The molecule has 0 N–H and O–H groups in total. The summed E-state index contributed by atoms with van der Waals surface area (Å²) in [6.07, 6.45) is 5.84. The summed E-state index contributed by atoms with van der Waals surface area (Å²) in [7, 11) is 0. The van der Waals surface area contributed by atoms with E-state index in [-0.39, 0.29) is 17.4 Å². The number of carbonyl (C=O) groups is 1. The summed E-state index contributed by atoms with van der Waals surface area (Å²) >= 11 is 0. The van der Waals surface area contributed by atoms with Crippen LogP contribution in [-0.2, 0) is 0 Å². The SMILES string of the molecule is CC(C(=O)c1ccc(F)c(F)c1)N1CCCCCCC1. The lowest BCUT2D eigenvalue weighted by atomic mass is 10.0. The van der Waals surface area contributed by atoms with Crippen LogP contribution >= 0.6 is 0 Å². The number of halogens is 2. The lowest BCUT2D eigenvalue weighted by molar-refractivity contribution is 0.0825. The van der Waals surface area contributed by atoms with Crippen molar-refractivity contribution in [2.75, 3.05) is 13.1 Å². The Bertz CT molecular complexity index is 468. The first-order chi connectivity index (χ1) is 9.59. The lowest BCUT2D eigenvalue weighted by Gasteiger charge is -2.29. The van der Waals surface area contributed by atoms with Crippen LogP contribution in [0.15, 0.2) is 18.2 Å². The maximum absolute atomic E-state index is 13.2. The molecule has 0 saturated carbocycles. The topological polar surface area (TPSA) is 20.3 Å². The predicted octanol–water partition coefficient (Wildman–Crippen LogP) is 3.80. The second-order valence-corrected chi connectivity index (χ2v) is 5.47. The normalized spacial score (nSPS) is 19.1. The molecule has 0 aliphatic carbocycles. The molecular weight excluding hydrogens is 260 g/mol. The summed E-state index contributed by atoms with van der Waals surface area (Å²) in [6, 6.07) is 3.10. The van der Waals surface area contributed by atoms with Crippen molar-refractivity contribution in [2.24, 2.45) is 0 Å². The minimum atomic E-state index is -0.962. The largest absolute Gasteiger partial charge is 0.294 e. The third kappa shape index (κ3) is 3.63. The van der Waals surface area contributed by atoms with E-state index in [0.717, 1.165) is 38.1 Å². The van der Waals surface area contributed by atoms with E-state index < -0.39 is 11.6 Å². The molecule has 0 aromatic heterocycles. The predicted molar refractivity (Wildman–Crippen MR) is 74.8 cm³/mol. The van der Waals surface area contributed by atoms with Gasteiger partial charge < -0.3 is 0 Å². The minimum absolute atomic E-state index is 0.135. The highest BCUT2D eigenvalue weighted by molar-refractivity contribution is 5.99. The van der Waals surface area contributed by atoms with E-state index in [1.165, 1.54) is 25.3 Å². The molecule has 0 radical (unpaired) electrons. The lowest BCUT2D eigenvalue weighted by Crippen LogP contribution is -2.40. The van der Waals surface area contributed by atoms with Gasteiger partial charge in [0.1, 0.15) is 0 Å². The molecule has 2 nitrogen and oxygen atoms in total. The van der Waals surface area contributed by atoms with Gasteiger partial charge in [-0.25, -0.2) is 8.78 Å². The van der Waals surface area contributed by atoms with Crippen molar-refractivity contribution in [3.63, 3.8) is 0 Å². The number of hydrogen-bond donors (Lipinski definition) is 0. The summed E-state index contributed by atoms with van der Waals surface area (Å²) in [4.78, 5) is 14.5. The third-order valence-corrected chi connectivity index (χ3v) is 4.02. The molecule has 1 fully saturated rings. The Balaban J connectivity index is 2.07. The molecule has 1 aromatic rings. The van der Waals surface area contributed by atoms with Crippen LogP contribution in [0.5, 0.6) is 0 Å². The molecule has 1 aliphatic rings. The maximum Gasteiger partial charge on any atom is 0.179 e. The second-order valence-electron chi connectivity index (χ2n) is 5.47. The first kappa shape index (κ1) is 15.1. The van der Waals surface area contributed by atoms with Crippen molar-refractivity contribution in [1.29, 1.82) is 0 Å². The van der Waals surface area contributed by atoms with E-state index in [1.807, 2.05) is 6.92 Å². The number of hydrogen-bond acceptors (Lipinski definition) is 2. The number of nitrogens with zero attached hydrogens (tertiary/aromatic N) is 1. The highest BCUT2D eigenvalue weighted by atomic mass is 19.2. The first-order valence-electron chi connectivity index (χ1n) is 7.33. The van der Waals surface area contributed by atoms with Crippen LogP contribution in [0, 0.1) is 11.6 Å². The zero-order valence-corrected chi connectivity index (χ0v) is 11.9. The van der Waals surface area contributed by atoms with E-state index in [2.05, 4.69) is 4.90 Å². The number of ketones is 1. The number of Topliss-reactive ketones (excluding diaryl/α,β-unsaturated/α-hetero) is 1. The Hall–Kier alpha value is -1.29. The third-order valence-electron chi connectivity index (χ3n) is 4.02. The number of benzene rings is 1. The molecule has 1 heterocycles. The van der Waals surface area contributed by atoms with Crippen molar-refractivity contribution in [3.8, 4) is 0 Å². The van der Waals surface area contributed by atoms with Gasteiger partial charge in [-0.1, -0.05) is 19.3 Å². The molecule has 1 aromatic carbocycles. The number of rotatable bonds is 3. The summed E-state index contributed by atoms with van der Waals surface area (Å²) in [5.41, 5.74) is 0.249. The molecule has 1 aliphatic heterocycles. The second kappa shape index (κ2) is 6.93. The van der Waals surface area contributed by atoms with Crippen molar-refractivity contribution in [2.45, 2.75) is 45.1 Å². The Morgan fingerprint density at radius 2 is 1.65 bits per heavy atom. The molecule has 2 rings (SSSR count). The van der Waals surface area contributed by atoms with E-state index in [9.17, 15) is 13.6 Å². The average molecular weight is 281 g/mol. The standard InChI is InChI=1S/C16H21F2NO/c1-12(19-9-5-3-2-4-6-10-19)16(20)13-7-8-14(17)15(18)11-13/h7-8,11-12H,2-6,9-10H2,1H3. The van der Waals surface area contributed by atoms with Gasteiger partial charge in [-0.05, 0) is 51.1 Å². The molecule has 0 bridgehead atoms. The van der Waals surface area contributed by atoms with Gasteiger partial charge in [-0.15, -0.1) is 0 Å². The van der Waals surface area contributed by atoms with Crippen LogP contribution in [0.3, 0.4) is 0 Å². The Morgan fingerprint density at radius 3 is 2.25 bits per heavy atom. The maximum atomic E-state index is 13.2. The van der Waals surface area contributed by atoms with Gasteiger partial charge in [0.05, 0.1) is 6.04 Å². The van der Waals surface area contributed by atoms with Crippen molar-refractivity contribution >= 4 is 5.78 Å². The fourth-order valence-corrected chi connectivity index (χ4v) is 2.72. The molecule has 4 heteroatoms. The molecule has 20 heavy (non-hydrogen) atoms. The van der Waals surface area contributed by atoms with E-state index in [0.29, 0.717) is 0 Å². The molecule has 1 atom stereocenters. The van der Waals surface area contributed by atoms with Crippen molar-refractivity contribution < 1.29 is 13.6 Å². The first-order valence-corrected chi connectivity index (χ1v) is 7.33. The van der Waals surface area contributed by atoms with E-state index >= 15 is 0 Å². The monoisotopic (exact) mass is 281 g/mol. The fourth-order valence-electron chi connectivity index (χ4n) is 2.72. The molecule has 1 saturated heterocycles. The highest BCUT2D eigenvalue weighted by Crippen LogP contribution is 2.17. The van der Waals surface area contributed by atoms with Crippen LogP contribution in [0.1, 0.15) is 49.4 Å². The zero-order chi connectivity index (χ0) is 14.5. The Morgan fingerprint density at radius 1 is 1.05 bits per heavy atom. The Labute approximate surface area is 118 Å². The van der Waals surface area contributed by atoms with Gasteiger partial charge in [0.2, 0.25) is 0 Å². The highest BCUT2D eigenvalue weighted by Gasteiger charge is 2.23. The minimum Gasteiger partial charge on any atom is -0.294 e. The van der Waals surface area contributed by atoms with Crippen molar-refractivity contribution in [3.05, 3.63) is 35.4 Å². The summed E-state index contributed by atoms with van der Waals surface area (Å²) < 4.78 is 26.1. The molecule has 0 spiro atoms. The molecule has 110 valence electrons. The Kier molecular flexibility index (Phi) is 5.24. The van der Waals surface area contributed by atoms with Crippen LogP contribution < -0.4 is 0 Å². The van der Waals surface area contributed by atoms with Gasteiger partial charge >= 0.3 is 0 Å². The van der Waals surface area contributed by atoms with Gasteiger partial charge in [-0.3, -0.25) is 9.69 Å². The number of likely N-dealkylation sites (tertiary alicyclic amines) is 1. The quantitative estimate of drug-likeness (QED) is 0.785. The van der Waals surface area contributed by atoms with Crippen molar-refractivity contribution in [1.82, 2.24) is 4.90 Å². The average Bonchev–Trinajstić information content (AvgIpc) is 2.40. The van der Waals surface area contributed by atoms with Crippen LogP contribution in [-0.4, -0.2) is 29.8 Å². The summed E-state index contributed by atoms with van der Waals surface area (Å²) in [5, 5.41) is 0. The zero-order valence-electron chi connectivity index (χ0n) is 11.9. The molecule has 0 amide bonds. The van der Waals surface area contributed by atoms with E-state index in [1.54, 1.807) is 0 Å². The number of carbonyl (C=O) groups excluding carboxylic acids is 1. The van der Waals surface area contributed by atoms with Crippen LogP contribution in [0.25, 0.3) is 0 Å². The van der Waals surface area contributed by atoms with Gasteiger partial charge in [0.15, 0.2) is 17.4 Å². The smallest absolute Gasteiger partial charge is 0.179 e. The van der Waals surface area contributed by atoms with Crippen LogP contribution in [0.4, 0.5) is 8.78 Å². The van der Waals surface area contributed by atoms with Gasteiger partial charge in [-0.2, -0.15) is 0 Å².